The van der Waals surface area contributed by atoms with Gasteiger partial charge in [-0.15, -0.1) is 10.2 Å². The summed E-state index contributed by atoms with van der Waals surface area (Å²) in [6, 6.07) is 40.9. The number of ether oxygens (including phenoxy) is 2. The predicted octanol–water partition coefficient (Wildman–Crippen LogP) is 10.7. The molecule has 12 atom stereocenters. The molecule has 4 saturated heterocycles. The van der Waals surface area contributed by atoms with Crippen molar-refractivity contribution >= 4 is 47.6 Å². The number of rotatable bonds is 34. The lowest BCUT2D eigenvalue weighted by molar-refractivity contribution is -0.144. The molecule has 4 fully saturated rings. The van der Waals surface area contributed by atoms with E-state index < -0.39 is 83.5 Å². The second-order valence-corrected chi connectivity index (χ2v) is 33.1. The second kappa shape index (κ2) is 39.6. The lowest BCUT2D eigenvalue weighted by atomic mass is 9.92. The van der Waals surface area contributed by atoms with Gasteiger partial charge < -0.3 is 51.2 Å². The first-order valence-electron chi connectivity index (χ1n) is 41.1. The molecule has 7 aromatic rings. The van der Waals surface area contributed by atoms with Gasteiger partial charge in [0.15, 0.2) is 0 Å². The lowest BCUT2D eigenvalue weighted by Crippen LogP contribution is -2.59. The van der Waals surface area contributed by atoms with Crippen LogP contribution in [-0.4, -0.2) is 184 Å². The molecule has 0 aliphatic carbocycles. The number of benzene rings is 5. The maximum Gasteiger partial charge on any atom is 0.410 e. The topological polar surface area (TPSA) is 302 Å². The summed E-state index contributed by atoms with van der Waals surface area (Å²) < 4.78 is 14.9. The summed E-state index contributed by atoms with van der Waals surface area (Å²) in [7, 11) is 3.07. The van der Waals surface area contributed by atoms with Gasteiger partial charge in [0, 0.05) is 77.3 Å². The number of aryl methyl sites for hydroxylation is 4. The normalized spacial score (nSPS) is 20.7. The fraction of sp³-hybridized carbons (Fsp3) is 0.523. The Bertz CT molecular complexity index is 4030. The molecule has 0 spiro atoms. The largest absolute Gasteiger partial charge is 0.444 e. The number of fused-ring (bicyclic) bond motifs is 2. The van der Waals surface area contributed by atoms with Gasteiger partial charge in [-0.2, -0.15) is 0 Å². The van der Waals surface area contributed by atoms with Crippen LogP contribution in [0.5, 0.6) is 0 Å². The van der Waals surface area contributed by atoms with E-state index in [1.165, 1.54) is 35.0 Å². The van der Waals surface area contributed by atoms with Crippen molar-refractivity contribution in [2.75, 3.05) is 27.2 Å². The van der Waals surface area contributed by atoms with E-state index in [1.54, 1.807) is 51.3 Å². The minimum atomic E-state index is -0.972. The Morgan fingerprint density at radius 1 is 0.465 bits per heavy atom. The molecule has 0 saturated carbocycles. The lowest BCUT2D eigenvalue weighted by Gasteiger charge is -2.34. The standard InChI is InChI=1S/C88H118N16O10/c1-11-71(99(9)85(111)113-87(3,4)5)79(105)93-77-65(55-89-53-61-31-17-13-18-32-61)43-45-67-47-49-73(103(67)83(77)109)81(107)91-75(63-35-21-15-22-36-63)69-57-101(97-95-69)51-27-25-29-59-39-41-60(42-40-59)30-26-28-52-102-58-70(96-98-102)76(64-37-23-16-24-38-64)92-82(108)74-50-48-68-46-44-66(56-90-54-62-33-19-14-20-34-62)78(84(110)104(68)74)94-80(106)72(12-2)100(10)86(112)114-88(6,7)8/h13-24,31-42,57-58,65-68,71-78,89-90H,11-12,25-30,43-56H2,1-10H3,(H,91,107)(H,92,108)(H,93,105)(H,94,106)/t65-,66?,67+,68+,71+,72+,73+,74+,75+,76+,77+,78+/m1/s1. The number of unbranched alkanes of at least 4 members (excludes halogenated alkanes) is 2. The highest BCUT2D eigenvalue weighted by Gasteiger charge is 2.51. The van der Waals surface area contributed by atoms with Gasteiger partial charge >= 0.3 is 12.2 Å². The Kier molecular flexibility index (Phi) is 29.4. The Hall–Kier alpha value is -10.3. The zero-order valence-electron chi connectivity index (χ0n) is 68.1. The van der Waals surface area contributed by atoms with Gasteiger partial charge in [0.05, 0.1) is 24.5 Å². The molecule has 4 aliphatic rings. The molecular formula is C88H118N16O10. The highest BCUT2D eigenvalue weighted by atomic mass is 16.6. The summed E-state index contributed by atoms with van der Waals surface area (Å²) in [5.41, 5.74) is 5.86. The molecule has 2 aromatic heterocycles. The molecule has 11 rings (SSSR count). The number of carbonyl (C=O) groups is 8. The third kappa shape index (κ3) is 22.6. The van der Waals surface area contributed by atoms with Crippen LogP contribution in [-0.2, 0) is 77.3 Å². The molecular weight excluding hydrogens is 1440 g/mol. The van der Waals surface area contributed by atoms with Crippen molar-refractivity contribution in [1.29, 1.82) is 0 Å². The first-order chi connectivity index (χ1) is 54.8. The number of carbonyl (C=O) groups excluding carboxylic acids is 8. The van der Waals surface area contributed by atoms with Crippen molar-refractivity contribution in [2.24, 2.45) is 11.8 Å². The molecule has 1 unspecified atom stereocenters. The molecule has 5 aromatic carbocycles. The summed E-state index contributed by atoms with van der Waals surface area (Å²) in [5.74, 6) is -2.81. The van der Waals surface area contributed by atoms with Crippen LogP contribution >= 0.6 is 0 Å². The van der Waals surface area contributed by atoms with Crippen LogP contribution in [0.15, 0.2) is 158 Å². The highest BCUT2D eigenvalue weighted by molar-refractivity contribution is 5.96. The van der Waals surface area contributed by atoms with Crippen molar-refractivity contribution in [3.05, 3.63) is 203 Å². The van der Waals surface area contributed by atoms with Gasteiger partial charge in [0.25, 0.3) is 0 Å². The first-order valence-corrected chi connectivity index (χ1v) is 41.1. The van der Waals surface area contributed by atoms with Crippen LogP contribution in [0.4, 0.5) is 9.59 Å². The molecule has 0 bridgehead atoms. The maximum absolute atomic E-state index is 15.2. The van der Waals surface area contributed by atoms with Crippen molar-refractivity contribution in [2.45, 2.75) is 256 Å². The number of likely N-dealkylation sites (N-methyl/N-ethyl adjacent to an activating group) is 2. The third-order valence-corrected chi connectivity index (χ3v) is 22.5. The summed E-state index contributed by atoms with van der Waals surface area (Å²) >= 11 is 0. The smallest absolute Gasteiger partial charge is 0.410 e. The minimum Gasteiger partial charge on any atom is -0.444 e. The van der Waals surface area contributed by atoms with E-state index >= 15 is 9.59 Å². The number of nitrogens with zero attached hydrogens (tertiary/aromatic N) is 10. The van der Waals surface area contributed by atoms with Gasteiger partial charge in [-0.1, -0.05) is 170 Å². The highest BCUT2D eigenvalue weighted by Crippen LogP contribution is 2.38. The van der Waals surface area contributed by atoms with Crippen LogP contribution in [0, 0.1) is 11.8 Å². The summed E-state index contributed by atoms with van der Waals surface area (Å²) in [5, 5.41) is 38.2. The fourth-order valence-electron chi connectivity index (χ4n) is 16.5. The molecule has 0 radical (unpaired) electrons. The van der Waals surface area contributed by atoms with E-state index in [2.05, 4.69) is 76.8 Å². The zero-order valence-corrected chi connectivity index (χ0v) is 68.1. The van der Waals surface area contributed by atoms with Crippen molar-refractivity contribution in [3.8, 4) is 0 Å². The van der Waals surface area contributed by atoms with Crippen molar-refractivity contribution in [3.63, 3.8) is 0 Å². The Labute approximate surface area is 671 Å². The molecule has 26 nitrogen and oxygen atoms in total. The molecule has 610 valence electrons. The summed E-state index contributed by atoms with van der Waals surface area (Å²) in [4.78, 5) is 122. The molecule has 6 heterocycles. The van der Waals surface area contributed by atoms with E-state index in [1.807, 2.05) is 157 Å². The first kappa shape index (κ1) is 84.6. The molecule has 6 N–H and O–H groups in total. The molecule has 26 heteroatoms. The predicted molar refractivity (Wildman–Crippen MR) is 434 cm³/mol. The van der Waals surface area contributed by atoms with E-state index in [4.69, 9.17) is 9.47 Å². The average molecular weight is 1560 g/mol. The van der Waals surface area contributed by atoms with Crippen LogP contribution in [0.1, 0.15) is 202 Å². The quantitative estimate of drug-likeness (QED) is 0.0204. The number of hydrogen-bond donors (Lipinski definition) is 6. The SMILES string of the molecule is CC[C@@H](C(=O)N[C@@H]1C(=O)N2[C@@H](CCC1CNCc1ccccc1)CC[C@H]2C(=O)N[C@@H](c1ccccc1)c1cn(CCCCc2ccc(CCCCn3cc([C@@H](NC(=O)[C@@H]4CC[C@@H]5CC[C@H](CNCc6ccccc6)[C@H](NC(=O)[C@H](CC)N(C)C(=O)OC(C)(C)C)C(=O)N54)c4ccccc4)nn3)cc2)nn1)N(C)C(=O)OC(C)(C)C. The van der Waals surface area contributed by atoms with Gasteiger partial charge in [0.1, 0.15) is 58.8 Å². The van der Waals surface area contributed by atoms with E-state index in [9.17, 15) is 28.8 Å². The van der Waals surface area contributed by atoms with Crippen LogP contribution in [0.2, 0.25) is 0 Å². The van der Waals surface area contributed by atoms with Crippen LogP contribution in [0.3, 0.4) is 0 Å². The van der Waals surface area contributed by atoms with E-state index in [-0.39, 0.29) is 60.4 Å². The molecule has 8 amide bonds. The van der Waals surface area contributed by atoms with Gasteiger partial charge in [-0.25, -0.2) is 9.59 Å². The summed E-state index contributed by atoms with van der Waals surface area (Å²) in [6.45, 7) is 17.5. The van der Waals surface area contributed by atoms with Crippen molar-refractivity contribution < 1.29 is 47.8 Å². The van der Waals surface area contributed by atoms with Gasteiger partial charge in [-0.05, 0) is 178 Å². The van der Waals surface area contributed by atoms with E-state index in [0.29, 0.717) is 102 Å². The molecule has 4 aliphatic heterocycles. The van der Waals surface area contributed by atoms with Gasteiger partial charge in [-0.3, -0.25) is 47.9 Å². The monoisotopic (exact) mass is 1560 g/mol. The number of amides is 8. The van der Waals surface area contributed by atoms with Crippen molar-refractivity contribution in [1.82, 2.24) is 81.5 Å². The minimum absolute atomic E-state index is 0.213. The van der Waals surface area contributed by atoms with E-state index in [0.717, 1.165) is 60.8 Å². The zero-order chi connectivity index (χ0) is 81.1. The Morgan fingerprint density at radius 3 is 1.17 bits per heavy atom. The third-order valence-electron chi connectivity index (χ3n) is 22.5. The number of nitrogens with one attached hydrogen (secondary N) is 6. The van der Waals surface area contributed by atoms with Crippen LogP contribution < -0.4 is 31.9 Å². The number of hydrogen-bond acceptors (Lipinski definition) is 16. The maximum atomic E-state index is 15.2. The number of aromatic nitrogens is 6. The average Bonchev–Trinajstić information content (AvgIpc) is 1.63. The Balaban J connectivity index is 0.666. The van der Waals surface area contributed by atoms with Gasteiger partial charge in [0.2, 0.25) is 35.4 Å². The summed E-state index contributed by atoms with van der Waals surface area (Å²) in [6.07, 6.45) is 13.0. The fourth-order valence-corrected chi connectivity index (χ4v) is 16.5. The second-order valence-electron chi connectivity index (χ2n) is 33.1. The Morgan fingerprint density at radius 2 is 0.816 bits per heavy atom. The van der Waals surface area contributed by atoms with Crippen LogP contribution in [0.25, 0.3) is 0 Å². The molecule has 114 heavy (non-hydrogen) atoms.